The van der Waals surface area contributed by atoms with E-state index in [9.17, 15) is 4.79 Å². The van der Waals surface area contributed by atoms with Crippen LogP contribution in [0.25, 0.3) is 0 Å². The number of nitrogens with one attached hydrogen (secondary N) is 1. The Balaban J connectivity index is 2.01. The number of carbonyl (C=O) groups excluding carboxylic acids is 1. The minimum atomic E-state index is -0.561. The van der Waals surface area contributed by atoms with Gasteiger partial charge in [0.25, 0.3) is 5.91 Å². The molecule has 0 aromatic heterocycles. The van der Waals surface area contributed by atoms with Gasteiger partial charge in [0.2, 0.25) is 0 Å². The highest BCUT2D eigenvalue weighted by molar-refractivity contribution is 5.81. The molecule has 2 rings (SSSR count). The Morgan fingerprint density at radius 1 is 1.04 bits per heavy atom. The molecule has 0 bridgehead atoms. The van der Waals surface area contributed by atoms with Crippen LogP contribution in [0.15, 0.2) is 42.5 Å². The van der Waals surface area contributed by atoms with Gasteiger partial charge in [0.15, 0.2) is 6.10 Å². The Kier molecular flexibility index (Phi) is 6.45. The van der Waals surface area contributed by atoms with E-state index < -0.39 is 6.10 Å². The summed E-state index contributed by atoms with van der Waals surface area (Å²) in [6.45, 7) is 7.90. The van der Waals surface area contributed by atoms with E-state index in [1.807, 2.05) is 56.3 Å². The standard InChI is InChI=1S/C21H27NO3/c1-6-20(17-8-11-18(24-5)12-9-17)22-21(23)16(4)25-19-10-7-14(2)15(3)13-19/h7-13,16,20H,6H2,1-5H3,(H,22,23)/t16-,20+/m0/s1. The molecule has 0 spiro atoms. The van der Waals surface area contributed by atoms with Gasteiger partial charge in [-0.1, -0.05) is 25.1 Å². The van der Waals surface area contributed by atoms with Crippen molar-refractivity contribution in [3.05, 3.63) is 59.2 Å². The molecule has 0 fully saturated rings. The maximum absolute atomic E-state index is 12.5. The highest BCUT2D eigenvalue weighted by Gasteiger charge is 2.19. The molecule has 2 atom stereocenters. The second kappa shape index (κ2) is 8.56. The molecule has 1 N–H and O–H groups in total. The van der Waals surface area contributed by atoms with Crippen LogP contribution in [0.2, 0.25) is 0 Å². The van der Waals surface area contributed by atoms with Crippen LogP contribution in [0, 0.1) is 13.8 Å². The predicted octanol–water partition coefficient (Wildman–Crippen LogP) is 4.35. The lowest BCUT2D eigenvalue weighted by molar-refractivity contribution is -0.128. The fourth-order valence-corrected chi connectivity index (χ4v) is 2.59. The number of rotatable bonds is 7. The molecular formula is C21H27NO3. The van der Waals surface area contributed by atoms with Crippen LogP contribution in [-0.2, 0) is 4.79 Å². The van der Waals surface area contributed by atoms with E-state index in [1.54, 1.807) is 14.0 Å². The zero-order valence-corrected chi connectivity index (χ0v) is 15.6. The summed E-state index contributed by atoms with van der Waals surface area (Å²) in [5.74, 6) is 1.39. The van der Waals surface area contributed by atoms with Crippen molar-refractivity contribution < 1.29 is 14.3 Å². The predicted molar refractivity (Wildman–Crippen MR) is 100 cm³/mol. The van der Waals surface area contributed by atoms with Gasteiger partial charge in [-0.3, -0.25) is 4.79 Å². The van der Waals surface area contributed by atoms with Gasteiger partial charge in [-0.15, -0.1) is 0 Å². The smallest absolute Gasteiger partial charge is 0.261 e. The molecule has 2 aromatic carbocycles. The average molecular weight is 341 g/mol. The van der Waals surface area contributed by atoms with Gasteiger partial charge in [0, 0.05) is 0 Å². The first-order valence-electron chi connectivity index (χ1n) is 8.62. The summed E-state index contributed by atoms with van der Waals surface area (Å²) >= 11 is 0. The quantitative estimate of drug-likeness (QED) is 0.814. The van der Waals surface area contributed by atoms with Crippen molar-refractivity contribution in [2.24, 2.45) is 0 Å². The number of benzene rings is 2. The molecule has 0 aliphatic carbocycles. The van der Waals surface area contributed by atoms with Gasteiger partial charge in [-0.05, 0) is 68.1 Å². The lowest BCUT2D eigenvalue weighted by atomic mass is 10.0. The summed E-state index contributed by atoms with van der Waals surface area (Å²) in [6, 6.07) is 13.6. The number of methoxy groups -OCH3 is 1. The zero-order chi connectivity index (χ0) is 18.4. The third-order valence-corrected chi connectivity index (χ3v) is 4.40. The summed E-state index contributed by atoms with van der Waals surface area (Å²) in [4.78, 5) is 12.5. The maximum atomic E-state index is 12.5. The molecule has 0 aliphatic heterocycles. The fourth-order valence-electron chi connectivity index (χ4n) is 2.59. The molecule has 134 valence electrons. The monoisotopic (exact) mass is 341 g/mol. The third kappa shape index (κ3) is 4.99. The Hall–Kier alpha value is -2.49. The van der Waals surface area contributed by atoms with E-state index in [-0.39, 0.29) is 11.9 Å². The normalized spacial score (nSPS) is 13.0. The van der Waals surface area contributed by atoms with Crippen LogP contribution >= 0.6 is 0 Å². The first-order valence-corrected chi connectivity index (χ1v) is 8.62. The zero-order valence-electron chi connectivity index (χ0n) is 15.6. The number of aryl methyl sites for hydroxylation is 2. The molecule has 0 unspecified atom stereocenters. The molecular weight excluding hydrogens is 314 g/mol. The van der Waals surface area contributed by atoms with E-state index in [2.05, 4.69) is 12.2 Å². The number of carbonyl (C=O) groups is 1. The van der Waals surface area contributed by atoms with E-state index >= 15 is 0 Å². The van der Waals surface area contributed by atoms with Crippen molar-refractivity contribution in [3.63, 3.8) is 0 Å². The first kappa shape index (κ1) is 18.8. The fraction of sp³-hybridized carbons (Fsp3) is 0.381. The summed E-state index contributed by atoms with van der Waals surface area (Å²) in [5.41, 5.74) is 3.40. The Morgan fingerprint density at radius 3 is 2.24 bits per heavy atom. The largest absolute Gasteiger partial charge is 0.497 e. The van der Waals surface area contributed by atoms with Crippen molar-refractivity contribution >= 4 is 5.91 Å². The van der Waals surface area contributed by atoms with Gasteiger partial charge in [-0.25, -0.2) is 0 Å². The average Bonchev–Trinajstić information content (AvgIpc) is 2.62. The Labute approximate surface area is 150 Å². The van der Waals surface area contributed by atoms with Crippen LogP contribution in [-0.4, -0.2) is 19.1 Å². The minimum absolute atomic E-state index is 0.0517. The molecule has 0 radical (unpaired) electrons. The second-order valence-corrected chi connectivity index (χ2v) is 6.25. The lowest BCUT2D eigenvalue weighted by Crippen LogP contribution is -2.38. The molecule has 4 nitrogen and oxygen atoms in total. The summed E-state index contributed by atoms with van der Waals surface area (Å²) in [5, 5.41) is 3.06. The van der Waals surface area contributed by atoms with Gasteiger partial charge in [-0.2, -0.15) is 0 Å². The van der Waals surface area contributed by atoms with Crippen molar-refractivity contribution in [1.82, 2.24) is 5.32 Å². The van der Waals surface area contributed by atoms with Gasteiger partial charge in [0.1, 0.15) is 11.5 Å². The van der Waals surface area contributed by atoms with Crippen molar-refractivity contribution in [2.75, 3.05) is 7.11 Å². The Bertz CT molecular complexity index is 710. The molecule has 0 saturated heterocycles. The summed E-state index contributed by atoms with van der Waals surface area (Å²) < 4.78 is 11.0. The van der Waals surface area contributed by atoms with E-state index in [1.165, 1.54) is 5.56 Å². The maximum Gasteiger partial charge on any atom is 0.261 e. The van der Waals surface area contributed by atoms with Crippen molar-refractivity contribution in [2.45, 2.75) is 46.3 Å². The first-order chi connectivity index (χ1) is 11.9. The molecule has 4 heteroatoms. The third-order valence-electron chi connectivity index (χ3n) is 4.40. The van der Waals surface area contributed by atoms with E-state index in [4.69, 9.17) is 9.47 Å². The van der Waals surface area contributed by atoms with Crippen LogP contribution in [0.5, 0.6) is 11.5 Å². The van der Waals surface area contributed by atoms with Gasteiger partial charge < -0.3 is 14.8 Å². The molecule has 0 aliphatic rings. The highest BCUT2D eigenvalue weighted by Crippen LogP contribution is 2.21. The number of hydrogen-bond donors (Lipinski definition) is 1. The van der Waals surface area contributed by atoms with Crippen LogP contribution < -0.4 is 14.8 Å². The van der Waals surface area contributed by atoms with Gasteiger partial charge in [0.05, 0.1) is 13.2 Å². The topological polar surface area (TPSA) is 47.6 Å². The molecule has 25 heavy (non-hydrogen) atoms. The van der Waals surface area contributed by atoms with Crippen LogP contribution in [0.3, 0.4) is 0 Å². The second-order valence-electron chi connectivity index (χ2n) is 6.25. The number of hydrogen-bond acceptors (Lipinski definition) is 3. The number of ether oxygens (including phenoxy) is 2. The minimum Gasteiger partial charge on any atom is -0.497 e. The highest BCUT2D eigenvalue weighted by atomic mass is 16.5. The summed E-state index contributed by atoms with van der Waals surface area (Å²) in [7, 11) is 1.64. The Morgan fingerprint density at radius 2 is 1.68 bits per heavy atom. The van der Waals surface area contributed by atoms with Crippen LogP contribution in [0.4, 0.5) is 0 Å². The number of amides is 1. The molecule has 0 saturated carbocycles. The SMILES string of the molecule is CC[C@@H](NC(=O)[C@H](C)Oc1ccc(C)c(C)c1)c1ccc(OC)cc1. The molecule has 2 aromatic rings. The van der Waals surface area contributed by atoms with E-state index in [0.29, 0.717) is 5.75 Å². The van der Waals surface area contributed by atoms with Crippen LogP contribution in [0.1, 0.15) is 43.0 Å². The summed E-state index contributed by atoms with van der Waals surface area (Å²) in [6.07, 6.45) is 0.239. The lowest BCUT2D eigenvalue weighted by Gasteiger charge is -2.21. The molecule has 0 heterocycles. The van der Waals surface area contributed by atoms with Crippen molar-refractivity contribution in [3.8, 4) is 11.5 Å². The van der Waals surface area contributed by atoms with Gasteiger partial charge >= 0.3 is 0 Å². The molecule has 1 amide bonds. The van der Waals surface area contributed by atoms with E-state index in [0.717, 1.165) is 23.3 Å². The van der Waals surface area contributed by atoms with Crippen molar-refractivity contribution in [1.29, 1.82) is 0 Å².